The van der Waals surface area contributed by atoms with Crippen molar-refractivity contribution in [1.29, 1.82) is 5.26 Å². The van der Waals surface area contributed by atoms with Gasteiger partial charge in [-0.25, -0.2) is 4.39 Å². The van der Waals surface area contributed by atoms with Crippen LogP contribution in [0.25, 0.3) is 0 Å². The molecule has 1 aliphatic rings. The Labute approximate surface area is 180 Å². The highest BCUT2D eigenvalue weighted by Gasteiger charge is 2.28. The molecule has 0 radical (unpaired) electrons. The largest absolute Gasteiger partial charge is 0.361 e. The first-order valence-corrected chi connectivity index (χ1v) is 10.1. The van der Waals surface area contributed by atoms with Crippen LogP contribution in [0.4, 0.5) is 15.8 Å². The summed E-state index contributed by atoms with van der Waals surface area (Å²) in [5, 5.41) is 16.5. The Morgan fingerprint density at radius 1 is 1.29 bits per heavy atom. The molecule has 7 nitrogen and oxygen atoms in total. The third kappa shape index (κ3) is 4.12. The van der Waals surface area contributed by atoms with Gasteiger partial charge in [0.1, 0.15) is 11.9 Å². The van der Waals surface area contributed by atoms with E-state index in [1.807, 2.05) is 44.1 Å². The van der Waals surface area contributed by atoms with Crippen molar-refractivity contribution in [3.63, 3.8) is 0 Å². The number of likely N-dealkylation sites (N-methyl/N-ethyl adjacent to an activating group) is 1. The average molecular weight is 418 g/mol. The molecule has 0 bridgehead atoms. The molecule has 0 unspecified atom stereocenters. The fourth-order valence-corrected chi connectivity index (χ4v) is 3.75. The monoisotopic (exact) mass is 418 g/mol. The first-order valence-electron chi connectivity index (χ1n) is 10.1. The molecule has 1 aromatic carbocycles. The topological polar surface area (TPSA) is 86.8 Å². The molecule has 31 heavy (non-hydrogen) atoms. The van der Waals surface area contributed by atoms with Gasteiger partial charge in [-0.2, -0.15) is 10.4 Å². The Balaban J connectivity index is 1.47. The minimum atomic E-state index is -0.422. The van der Waals surface area contributed by atoms with E-state index in [-0.39, 0.29) is 11.9 Å². The van der Waals surface area contributed by atoms with Gasteiger partial charge in [0.05, 0.1) is 41.4 Å². The lowest BCUT2D eigenvalue weighted by Crippen LogP contribution is -2.44. The molecule has 0 fully saturated rings. The Bertz CT molecular complexity index is 1200. The third-order valence-corrected chi connectivity index (χ3v) is 5.70. The second-order valence-electron chi connectivity index (χ2n) is 7.83. The summed E-state index contributed by atoms with van der Waals surface area (Å²) in [6, 6.07) is 8.04. The predicted octanol–water partition coefficient (Wildman–Crippen LogP) is 3.21. The molecule has 0 saturated heterocycles. The van der Waals surface area contributed by atoms with E-state index in [1.165, 1.54) is 12.1 Å². The maximum Gasteiger partial charge on any atom is 0.246 e. The summed E-state index contributed by atoms with van der Waals surface area (Å²) >= 11 is 0. The Morgan fingerprint density at radius 2 is 2.10 bits per heavy atom. The number of anilines is 2. The van der Waals surface area contributed by atoms with Crippen molar-refractivity contribution in [2.45, 2.75) is 39.3 Å². The number of hydrogen-bond donors (Lipinski definition) is 1. The number of nitrogens with one attached hydrogen (secondary N) is 1. The molecule has 1 aliphatic heterocycles. The number of carbonyl (C=O) groups excluding carboxylic acids is 1. The van der Waals surface area contributed by atoms with Crippen LogP contribution in [0.15, 0.2) is 36.7 Å². The zero-order chi connectivity index (χ0) is 22.1. The van der Waals surface area contributed by atoms with Crippen molar-refractivity contribution < 1.29 is 9.18 Å². The summed E-state index contributed by atoms with van der Waals surface area (Å²) in [5.74, 6) is -0.449. The lowest BCUT2D eigenvalue weighted by molar-refractivity contribution is -0.117. The lowest BCUT2D eigenvalue weighted by Gasteiger charge is -2.34. The van der Waals surface area contributed by atoms with Gasteiger partial charge in [0, 0.05) is 18.9 Å². The fourth-order valence-electron chi connectivity index (χ4n) is 3.75. The molecule has 0 spiro atoms. The van der Waals surface area contributed by atoms with Gasteiger partial charge < -0.3 is 10.2 Å². The van der Waals surface area contributed by atoms with Crippen LogP contribution in [-0.2, 0) is 24.2 Å². The van der Waals surface area contributed by atoms with Crippen LogP contribution >= 0.6 is 0 Å². The number of pyridine rings is 1. The fraction of sp³-hybridized carbons (Fsp3) is 0.304. The number of aryl methyl sites for hydroxylation is 3. The number of hydrogen-bond acceptors (Lipinski definition) is 5. The molecule has 3 aromatic rings. The van der Waals surface area contributed by atoms with Crippen LogP contribution in [0.3, 0.4) is 0 Å². The van der Waals surface area contributed by atoms with Gasteiger partial charge in [0.2, 0.25) is 5.91 Å². The number of fused-ring (bicyclic) bond motifs is 1. The second-order valence-corrected chi connectivity index (χ2v) is 7.83. The SMILES string of the molecule is Cc1nc(CCc2cnn(Cc3ccc(F)cc3C#N)c2)cc2c1NC(=O)[C@H](C)N2C. The van der Waals surface area contributed by atoms with E-state index in [9.17, 15) is 14.4 Å². The van der Waals surface area contributed by atoms with E-state index in [0.29, 0.717) is 12.1 Å². The van der Waals surface area contributed by atoms with Gasteiger partial charge >= 0.3 is 0 Å². The summed E-state index contributed by atoms with van der Waals surface area (Å²) in [4.78, 5) is 18.7. The van der Waals surface area contributed by atoms with E-state index >= 15 is 0 Å². The number of carbonyl (C=O) groups is 1. The summed E-state index contributed by atoms with van der Waals surface area (Å²) in [7, 11) is 1.92. The van der Waals surface area contributed by atoms with Crippen LogP contribution in [0.5, 0.6) is 0 Å². The normalized spacial score (nSPS) is 15.4. The molecule has 1 amide bonds. The summed E-state index contributed by atoms with van der Waals surface area (Å²) in [5.41, 5.74) is 5.59. The highest BCUT2D eigenvalue weighted by Crippen LogP contribution is 2.33. The van der Waals surface area contributed by atoms with Crippen LogP contribution in [-0.4, -0.2) is 33.8 Å². The number of benzene rings is 1. The van der Waals surface area contributed by atoms with Crippen LogP contribution < -0.4 is 10.2 Å². The smallest absolute Gasteiger partial charge is 0.246 e. The van der Waals surface area contributed by atoms with E-state index < -0.39 is 5.82 Å². The van der Waals surface area contributed by atoms with Gasteiger partial charge in [0.25, 0.3) is 0 Å². The maximum absolute atomic E-state index is 13.3. The van der Waals surface area contributed by atoms with Gasteiger partial charge in [-0.1, -0.05) is 6.07 Å². The predicted molar refractivity (Wildman–Crippen MR) is 115 cm³/mol. The molecule has 1 N–H and O–H groups in total. The van der Waals surface area contributed by atoms with Crippen molar-refractivity contribution >= 4 is 17.3 Å². The number of nitrogens with zero attached hydrogens (tertiary/aromatic N) is 5. The summed E-state index contributed by atoms with van der Waals surface area (Å²) < 4.78 is 15.1. The molecule has 0 aliphatic carbocycles. The minimum Gasteiger partial charge on any atom is -0.361 e. The van der Waals surface area contributed by atoms with Crippen molar-refractivity contribution in [3.05, 3.63) is 70.6 Å². The number of amides is 1. The minimum absolute atomic E-state index is 0.0271. The van der Waals surface area contributed by atoms with Crippen molar-refractivity contribution in [2.75, 3.05) is 17.3 Å². The van der Waals surface area contributed by atoms with E-state index in [0.717, 1.165) is 46.7 Å². The highest BCUT2D eigenvalue weighted by atomic mass is 19.1. The van der Waals surface area contributed by atoms with Gasteiger partial charge in [0.15, 0.2) is 0 Å². The van der Waals surface area contributed by atoms with Crippen LogP contribution in [0, 0.1) is 24.1 Å². The zero-order valence-electron chi connectivity index (χ0n) is 17.7. The highest BCUT2D eigenvalue weighted by molar-refractivity contribution is 6.03. The number of halogens is 1. The first kappa shape index (κ1) is 20.5. The quantitative estimate of drug-likeness (QED) is 0.688. The van der Waals surface area contributed by atoms with E-state index in [2.05, 4.69) is 15.4 Å². The molecule has 8 heteroatoms. The van der Waals surface area contributed by atoms with Gasteiger partial charge in [-0.3, -0.25) is 14.5 Å². The molecule has 0 saturated carbocycles. The Kier molecular flexibility index (Phi) is 5.42. The average Bonchev–Trinajstić information content (AvgIpc) is 3.20. The maximum atomic E-state index is 13.3. The molecule has 4 rings (SSSR count). The van der Waals surface area contributed by atoms with Gasteiger partial charge in [-0.05, 0) is 56.0 Å². The van der Waals surface area contributed by atoms with Crippen molar-refractivity contribution in [2.24, 2.45) is 0 Å². The second kappa shape index (κ2) is 8.19. The third-order valence-electron chi connectivity index (χ3n) is 5.70. The molecule has 3 heterocycles. The number of nitriles is 1. The van der Waals surface area contributed by atoms with E-state index in [1.54, 1.807) is 16.9 Å². The zero-order valence-corrected chi connectivity index (χ0v) is 17.7. The Morgan fingerprint density at radius 3 is 2.87 bits per heavy atom. The first-order chi connectivity index (χ1) is 14.9. The Hall–Kier alpha value is -3.73. The summed E-state index contributed by atoms with van der Waals surface area (Å²) in [6.45, 7) is 4.18. The standard InChI is InChI=1S/C23H23FN6O/c1-14-22-21(29(3)15(2)23(31)28-22)9-20(27-14)7-4-16-11-26-30(12-16)13-17-5-6-19(24)8-18(17)10-25/h5-6,8-9,11-12,15H,4,7,13H2,1-3H3,(H,28,31)/t15-/m0/s1. The van der Waals surface area contributed by atoms with Crippen LogP contribution in [0.1, 0.15) is 35.0 Å². The number of rotatable bonds is 5. The molecule has 1 atom stereocenters. The van der Waals surface area contributed by atoms with Crippen LogP contribution in [0.2, 0.25) is 0 Å². The summed E-state index contributed by atoms with van der Waals surface area (Å²) in [6.07, 6.45) is 5.22. The van der Waals surface area contributed by atoms with E-state index in [4.69, 9.17) is 0 Å². The molecular formula is C23H23FN6O. The molecule has 158 valence electrons. The molecule has 2 aromatic heterocycles. The lowest BCUT2D eigenvalue weighted by atomic mass is 10.1. The molecular weight excluding hydrogens is 395 g/mol. The number of aromatic nitrogens is 3. The van der Waals surface area contributed by atoms with Crippen molar-refractivity contribution in [1.82, 2.24) is 14.8 Å². The van der Waals surface area contributed by atoms with Crippen molar-refractivity contribution in [3.8, 4) is 6.07 Å². The van der Waals surface area contributed by atoms with Gasteiger partial charge in [-0.15, -0.1) is 0 Å².